The van der Waals surface area contributed by atoms with Crippen molar-refractivity contribution in [2.75, 3.05) is 13.2 Å². The molecule has 1 aromatic heterocycles. The SMILES string of the molecule is O=c1c2ccccc2sn1C1CCOC1. The molecule has 3 rings (SSSR count). The number of nitrogens with zero attached hydrogens (tertiary/aromatic N) is 1. The minimum atomic E-state index is 0.131. The van der Waals surface area contributed by atoms with Crippen molar-refractivity contribution < 1.29 is 4.74 Å². The molecule has 0 radical (unpaired) electrons. The van der Waals surface area contributed by atoms with Gasteiger partial charge in [0.25, 0.3) is 5.56 Å². The van der Waals surface area contributed by atoms with Crippen LogP contribution < -0.4 is 5.56 Å². The molecule has 0 saturated carbocycles. The van der Waals surface area contributed by atoms with Crippen LogP contribution in [0.3, 0.4) is 0 Å². The van der Waals surface area contributed by atoms with Gasteiger partial charge in [-0.2, -0.15) is 0 Å². The summed E-state index contributed by atoms with van der Waals surface area (Å²) in [5.41, 5.74) is 0.131. The zero-order chi connectivity index (χ0) is 10.3. The fourth-order valence-electron chi connectivity index (χ4n) is 1.94. The third-order valence-corrected chi connectivity index (χ3v) is 3.96. The number of aromatic nitrogens is 1. The van der Waals surface area contributed by atoms with Crippen molar-refractivity contribution in [3.63, 3.8) is 0 Å². The Morgan fingerprint density at radius 2 is 2.27 bits per heavy atom. The monoisotopic (exact) mass is 221 g/mol. The highest BCUT2D eigenvalue weighted by Gasteiger charge is 2.21. The van der Waals surface area contributed by atoms with Crippen LogP contribution in [0.1, 0.15) is 12.5 Å². The first-order valence-electron chi connectivity index (χ1n) is 5.04. The van der Waals surface area contributed by atoms with Crippen molar-refractivity contribution in [1.29, 1.82) is 0 Å². The highest BCUT2D eigenvalue weighted by atomic mass is 32.1. The molecule has 4 heteroatoms. The van der Waals surface area contributed by atoms with Gasteiger partial charge in [-0.1, -0.05) is 23.7 Å². The molecule has 0 amide bonds. The quantitative estimate of drug-likeness (QED) is 0.737. The van der Waals surface area contributed by atoms with Gasteiger partial charge >= 0.3 is 0 Å². The molecule has 0 spiro atoms. The van der Waals surface area contributed by atoms with Crippen LogP contribution in [-0.4, -0.2) is 17.2 Å². The first-order valence-corrected chi connectivity index (χ1v) is 5.82. The topological polar surface area (TPSA) is 31.2 Å². The summed E-state index contributed by atoms with van der Waals surface area (Å²) in [6, 6.07) is 8.00. The van der Waals surface area contributed by atoms with Gasteiger partial charge in [-0.3, -0.25) is 8.75 Å². The minimum Gasteiger partial charge on any atom is -0.379 e. The smallest absolute Gasteiger partial charge is 0.268 e. The van der Waals surface area contributed by atoms with E-state index in [4.69, 9.17) is 4.74 Å². The second-order valence-corrected chi connectivity index (χ2v) is 4.75. The average Bonchev–Trinajstić information content (AvgIpc) is 2.87. The predicted octanol–water partition coefficient (Wildman–Crippen LogP) is 2.02. The lowest BCUT2D eigenvalue weighted by Crippen LogP contribution is -2.18. The molecular weight excluding hydrogens is 210 g/mol. The summed E-state index contributed by atoms with van der Waals surface area (Å²) in [4.78, 5) is 12.0. The van der Waals surface area contributed by atoms with Crippen molar-refractivity contribution in [3.8, 4) is 0 Å². The lowest BCUT2D eigenvalue weighted by atomic mass is 10.2. The van der Waals surface area contributed by atoms with E-state index < -0.39 is 0 Å². The van der Waals surface area contributed by atoms with Crippen molar-refractivity contribution in [3.05, 3.63) is 34.6 Å². The molecular formula is C11H11NO2S. The van der Waals surface area contributed by atoms with Gasteiger partial charge in [-0.05, 0) is 18.6 Å². The molecule has 0 bridgehead atoms. The Morgan fingerprint density at radius 3 is 3.00 bits per heavy atom. The molecule has 1 fully saturated rings. The maximum Gasteiger partial charge on any atom is 0.268 e. The van der Waals surface area contributed by atoms with E-state index in [0.717, 1.165) is 23.1 Å². The van der Waals surface area contributed by atoms with E-state index in [1.54, 1.807) is 11.5 Å². The fourth-order valence-corrected chi connectivity index (χ4v) is 3.04. The van der Waals surface area contributed by atoms with Gasteiger partial charge in [0.15, 0.2) is 0 Å². The maximum atomic E-state index is 12.0. The van der Waals surface area contributed by atoms with Crippen LogP contribution in [0, 0.1) is 0 Å². The summed E-state index contributed by atoms with van der Waals surface area (Å²) >= 11 is 1.55. The molecule has 3 nitrogen and oxygen atoms in total. The van der Waals surface area contributed by atoms with Gasteiger partial charge in [0.05, 0.1) is 22.7 Å². The van der Waals surface area contributed by atoms with Crippen molar-refractivity contribution >= 4 is 21.6 Å². The molecule has 1 aliphatic rings. The van der Waals surface area contributed by atoms with Crippen molar-refractivity contribution in [1.82, 2.24) is 3.96 Å². The Balaban J connectivity index is 2.19. The van der Waals surface area contributed by atoms with Crippen molar-refractivity contribution in [2.24, 2.45) is 0 Å². The number of hydrogen-bond donors (Lipinski definition) is 0. The largest absolute Gasteiger partial charge is 0.379 e. The van der Waals surface area contributed by atoms with Crippen LogP contribution in [0.2, 0.25) is 0 Å². The van der Waals surface area contributed by atoms with E-state index in [-0.39, 0.29) is 11.6 Å². The van der Waals surface area contributed by atoms with E-state index >= 15 is 0 Å². The average molecular weight is 221 g/mol. The van der Waals surface area contributed by atoms with Crippen molar-refractivity contribution in [2.45, 2.75) is 12.5 Å². The highest BCUT2D eigenvalue weighted by Crippen LogP contribution is 2.24. The van der Waals surface area contributed by atoms with Crippen LogP contribution in [-0.2, 0) is 4.74 Å². The second kappa shape index (κ2) is 3.47. The number of ether oxygens (including phenoxy) is 1. The Hall–Kier alpha value is -1.13. The molecule has 2 aromatic rings. The normalized spacial score (nSPS) is 21.2. The first-order chi connectivity index (χ1) is 7.36. The standard InChI is InChI=1S/C11H11NO2S/c13-11-9-3-1-2-4-10(9)15-12(11)8-5-6-14-7-8/h1-4,8H,5-7H2. The molecule has 1 unspecified atom stereocenters. The fraction of sp³-hybridized carbons (Fsp3) is 0.364. The number of rotatable bonds is 1. The third kappa shape index (κ3) is 1.41. The van der Waals surface area contributed by atoms with Gasteiger partial charge in [-0.25, -0.2) is 0 Å². The summed E-state index contributed by atoms with van der Waals surface area (Å²) < 4.78 is 8.23. The third-order valence-electron chi connectivity index (χ3n) is 2.75. The Labute approximate surface area is 91.1 Å². The summed E-state index contributed by atoms with van der Waals surface area (Å²) in [6.45, 7) is 1.44. The molecule has 78 valence electrons. The summed E-state index contributed by atoms with van der Waals surface area (Å²) in [5.74, 6) is 0. The van der Waals surface area contributed by atoms with Crippen LogP contribution in [0.15, 0.2) is 29.1 Å². The molecule has 1 saturated heterocycles. The van der Waals surface area contributed by atoms with Gasteiger partial charge in [0, 0.05) is 6.61 Å². The summed E-state index contributed by atoms with van der Waals surface area (Å²) in [7, 11) is 0. The predicted molar refractivity (Wildman–Crippen MR) is 60.6 cm³/mol. The van der Waals surface area contributed by atoms with Gasteiger partial charge < -0.3 is 4.74 Å². The van der Waals surface area contributed by atoms with E-state index in [2.05, 4.69) is 0 Å². The van der Waals surface area contributed by atoms with Crippen LogP contribution >= 0.6 is 11.5 Å². The summed E-state index contributed by atoms with van der Waals surface area (Å²) in [6.07, 6.45) is 0.951. The number of fused-ring (bicyclic) bond motifs is 1. The Bertz CT molecular complexity index is 537. The molecule has 1 aromatic carbocycles. The zero-order valence-electron chi connectivity index (χ0n) is 8.18. The zero-order valence-corrected chi connectivity index (χ0v) is 9.00. The molecule has 1 aliphatic heterocycles. The molecule has 1 atom stereocenters. The summed E-state index contributed by atoms with van der Waals surface area (Å²) in [5, 5.41) is 0.828. The lowest BCUT2D eigenvalue weighted by molar-refractivity contribution is 0.187. The maximum absolute atomic E-state index is 12.0. The Morgan fingerprint density at radius 1 is 1.40 bits per heavy atom. The van der Waals surface area contributed by atoms with E-state index in [0.29, 0.717) is 6.61 Å². The van der Waals surface area contributed by atoms with E-state index in [1.165, 1.54) is 0 Å². The molecule has 15 heavy (non-hydrogen) atoms. The lowest BCUT2D eigenvalue weighted by Gasteiger charge is -2.05. The number of benzene rings is 1. The number of hydrogen-bond acceptors (Lipinski definition) is 3. The molecule has 0 aliphatic carbocycles. The minimum absolute atomic E-state index is 0.131. The van der Waals surface area contributed by atoms with E-state index in [1.807, 2.05) is 28.2 Å². The Kier molecular flexibility index (Phi) is 2.11. The molecule has 2 heterocycles. The van der Waals surface area contributed by atoms with E-state index in [9.17, 15) is 4.79 Å². The van der Waals surface area contributed by atoms with Gasteiger partial charge in [-0.15, -0.1) is 0 Å². The van der Waals surface area contributed by atoms with Gasteiger partial charge in [0.1, 0.15) is 0 Å². The molecule has 0 N–H and O–H groups in total. The van der Waals surface area contributed by atoms with Crippen LogP contribution in [0.25, 0.3) is 10.1 Å². The highest BCUT2D eigenvalue weighted by molar-refractivity contribution is 7.13. The van der Waals surface area contributed by atoms with Crippen LogP contribution in [0.5, 0.6) is 0 Å². The van der Waals surface area contributed by atoms with Gasteiger partial charge in [0.2, 0.25) is 0 Å². The van der Waals surface area contributed by atoms with Crippen LogP contribution in [0.4, 0.5) is 0 Å². The first kappa shape index (κ1) is 9.12. The second-order valence-electron chi connectivity index (χ2n) is 3.74.